The van der Waals surface area contributed by atoms with Crippen molar-refractivity contribution in [2.24, 2.45) is 0 Å². The molecule has 0 spiro atoms. The molecule has 0 atom stereocenters. The van der Waals surface area contributed by atoms with E-state index in [1.54, 1.807) is 25.0 Å². The Balaban J connectivity index is 1.80. The highest BCUT2D eigenvalue weighted by molar-refractivity contribution is 5.60. The maximum Gasteiger partial charge on any atom is 0.416 e. The second-order valence-corrected chi connectivity index (χ2v) is 8.02. The number of anilines is 2. The van der Waals surface area contributed by atoms with Crippen LogP contribution in [0.3, 0.4) is 0 Å². The minimum atomic E-state index is -4.47. The average Bonchev–Trinajstić information content (AvgIpc) is 2.80. The van der Waals surface area contributed by atoms with E-state index in [2.05, 4.69) is 4.98 Å². The SMILES string of the molecule is COCCN1CN(c2cccc(C(F)(F)F)c2)c2nc(C)c(Cc3ccccc3)c(=O)n2C1. The van der Waals surface area contributed by atoms with E-state index in [4.69, 9.17) is 4.74 Å². The predicted octanol–water partition coefficient (Wildman–Crippen LogP) is 4.18. The van der Waals surface area contributed by atoms with Gasteiger partial charge in [-0.2, -0.15) is 13.2 Å². The Morgan fingerprint density at radius 3 is 2.52 bits per heavy atom. The number of alkyl halides is 3. The first-order chi connectivity index (χ1) is 15.8. The van der Waals surface area contributed by atoms with Crippen LogP contribution in [0.4, 0.5) is 24.8 Å². The van der Waals surface area contributed by atoms with E-state index < -0.39 is 11.7 Å². The van der Waals surface area contributed by atoms with Crippen LogP contribution in [-0.2, 0) is 24.0 Å². The monoisotopic (exact) mass is 458 g/mol. The summed E-state index contributed by atoms with van der Waals surface area (Å²) in [5, 5.41) is 0. The standard InChI is InChI=1S/C24H25F3N4O2/c1-17-21(13-18-7-4-3-5-8-18)22(32)31-16-29(11-12-33-2)15-30(23(31)28-17)20-10-6-9-19(14-20)24(25,26)27/h3-10,14H,11-13,15-16H2,1-2H3. The van der Waals surface area contributed by atoms with Crippen LogP contribution in [0, 0.1) is 6.92 Å². The summed E-state index contributed by atoms with van der Waals surface area (Å²) >= 11 is 0. The van der Waals surface area contributed by atoms with E-state index in [1.165, 1.54) is 10.6 Å². The van der Waals surface area contributed by atoms with E-state index >= 15 is 0 Å². The summed E-state index contributed by atoms with van der Waals surface area (Å²) in [5.41, 5.74) is 1.50. The van der Waals surface area contributed by atoms with Crippen LogP contribution in [0.2, 0.25) is 0 Å². The molecule has 0 fully saturated rings. The van der Waals surface area contributed by atoms with Gasteiger partial charge >= 0.3 is 6.18 Å². The van der Waals surface area contributed by atoms with E-state index in [0.29, 0.717) is 42.5 Å². The number of benzene rings is 2. The van der Waals surface area contributed by atoms with Crippen LogP contribution in [0.5, 0.6) is 0 Å². The first-order valence-corrected chi connectivity index (χ1v) is 10.6. The van der Waals surface area contributed by atoms with Crippen LogP contribution in [0.1, 0.15) is 22.4 Å². The van der Waals surface area contributed by atoms with Crippen LogP contribution >= 0.6 is 0 Å². The maximum atomic E-state index is 13.5. The molecule has 33 heavy (non-hydrogen) atoms. The molecule has 9 heteroatoms. The molecule has 1 aliphatic rings. The third-order valence-electron chi connectivity index (χ3n) is 5.69. The van der Waals surface area contributed by atoms with Gasteiger partial charge in [0.15, 0.2) is 0 Å². The highest BCUT2D eigenvalue weighted by Gasteiger charge is 2.33. The Hall–Kier alpha value is -3.17. The smallest absolute Gasteiger partial charge is 0.383 e. The summed E-state index contributed by atoms with van der Waals surface area (Å²) in [7, 11) is 1.58. The van der Waals surface area contributed by atoms with Crippen molar-refractivity contribution in [1.82, 2.24) is 14.5 Å². The second kappa shape index (κ2) is 9.36. The Morgan fingerprint density at radius 2 is 1.82 bits per heavy atom. The number of ether oxygens (including phenoxy) is 1. The molecule has 0 saturated carbocycles. The summed E-state index contributed by atoms with van der Waals surface area (Å²) < 4.78 is 46.7. The number of rotatable bonds is 6. The molecule has 1 aliphatic heterocycles. The number of aromatic nitrogens is 2. The zero-order valence-electron chi connectivity index (χ0n) is 18.5. The molecule has 2 heterocycles. The van der Waals surface area contributed by atoms with Crippen LogP contribution < -0.4 is 10.5 Å². The van der Waals surface area contributed by atoms with Gasteiger partial charge in [0.05, 0.1) is 31.2 Å². The molecule has 0 N–H and O–H groups in total. The number of aryl methyl sites for hydroxylation is 1. The molecular formula is C24H25F3N4O2. The molecule has 4 rings (SSSR count). The van der Waals surface area contributed by atoms with Gasteiger partial charge in [-0.1, -0.05) is 36.4 Å². The van der Waals surface area contributed by atoms with Crippen molar-refractivity contribution < 1.29 is 17.9 Å². The van der Waals surface area contributed by atoms with Crippen molar-refractivity contribution in [3.05, 3.63) is 87.3 Å². The van der Waals surface area contributed by atoms with Crippen LogP contribution in [-0.4, -0.2) is 41.4 Å². The number of nitrogens with zero attached hydrogens (tertiary/aromatic N) is 4. The van der Waals surface area contributed by atoms with E-state index in [1.807, 2.05) is 35.2 Å². The summed E-state index contributed by atoms with van der Waals surface area (Å²) in [6.07, 6.45) is -4.04. The Labute approximate surface area is 189 Å². The van der Waals surface area contributed by atoms with Gasteiger partial charge in [-0.15, -0.1) is 0 Å². The molecule has 3 aromatic rings. The predicted molar refractivity (Wildman–Crippen MR) is 120 cm³/mol. The minimum absolute atomic E-state index is 0.194. The van der Waals surface area contributed by atoms with Gasteiger partial charge in [0.2, 0.25) is 5.95 Å². The zero-order valence-corrected chi connectivity index (χ0v) is 18.5. The van der Waals surface area contributed by atoms with Crippen molar-refractivity contribution in [3.8, 4) is 0 Å². The highest BCUT2D eigenvalue weighted by Crippen LogP contribution is 2.34. The van der Waals surface area contributed by atoms with Gasteiger partial charge in [0.1, 0.15) is 0 Å². The molecule has 0 unspecified atom stereocenters. The fraction of sp³-hybridized carbons (Fsp3) is 0.333. The van der Waals surface area contributed by atoms with Gasteiger partial charge < -0.3 is 4.74 Å². The Kier molecular flexibility index (Phi) is 6.53. The molecule has 174 valence electrons. The number of fused-ring (bicyclic) bond motifs is 1. The number of halogens is 3. The quantitative estimate of drug-likeness (QED) is 0.555. The first kappa shape index (κ1) is 23.0. The summed E-state index contributed by atoms with van der Waals surface area (Å²) in [6.45, 7) is 3.27. The van der Waals surface area contributed by atoms with Gasteiger partial charge in [-0.3, -0.25) is 19.2 Å². The van der Waals surface area contributed by atoms with Crippen molar-refractivity contribution in [2.45, 2.75) is 26.2 Å². The van der Waals surface area contributed by atoms with Crippen LogP contribution in [0.15, 0.2) is 59.4 Å². The van der Waals surface area contributed by atoms with Crippen molar-refractivity contribution in [3.63, 3.8) is 0 Å². The molecule has 6 nitrogen and oxygen atoms in total. The first-order valence-electron chi connectivity index (χ1n) is 10.6. The van der Waals surface area contributed by atoms with Crippen molar-refractivity contribution in [1.29, 1.82) is 0 Å². The fourth-order valence-electron chi connectivity index (χ4n) is 3.94. The van der Waals surface area contributed by atoms with Crippen molar-refractivity contribution in [2.75, 3.05) is 31.8 Å². The summed E-state index contributed by atoms with van der Waals surface area (Å²) in [4.78, 5) is 21.8. The van der Waals surface area contributed by atoms with E-state index in [0.717, 1.165) is 17.7 Å². The lowest BCUT2D eigenvalue weighted by Gasteiger charge is -2.38. The number of hydrogen-bond acceptors (Lipinski definition) is 5. The van der Waals surface area contributed by atoms with E-state index in [-0.39, 0.29) is 18.9 Å². The molecule has 0 saturated heterocycles. The third-order valence-corrected chi connectivity index (χ3v) is 5.69. The fourth-order valence-corrected chi connectivity index (χ4v) is 3.94. The molecule has 2 aromatic carbocycles. The van der Waals surface area contributed by atoms with Gasteiger partial charge in [-0.25, -0.2) is 4.98 Å². The lowest BCUT2D eigenvalue weighted by Crippen LogP contribution is -2.49. The van der Waals surface area contributed by atoms with Crippen molar-refractivity contribution >= 4 is 11.6 Å². The molecule has 0 bridgehead atoms. The van der Waals surface area contributed by atoms with Gasteiger partial charge in [0, 0.05) is 31.3 Å². The van der Waals surface area contributed by atoms with Gasteiger partial charge in [0.25, 0.3) is 5.56 Å². The highest BCUT2D eigenvalue weighted by atomic mass is 19.4. The number of methoxy groups -OCH3 is 1. The van der Waals surface area contributed by atoms with E-state index in [9.17, 15) is 18.0 Å². The molecular weight excluding hydrogens is 433 g/mol. The number of hydrogen-bond donors (Lipinski definition) is 0. The molecule has 1 aromatic heterocycles. The summed E-state index contributed by atoms with van der Waals surface area (Å²) in [6, 6.07) is 14.7. The van der Waals surface area contributed by atoms with Gasteiger partial charge in [-0.05, 0) is 30.7 Å². The summed E-state index contributed by atoms with van der Waals surface area (Å²) in [5.74, 6) is 0.335. The lowest BCUT2D eigenvalue weighted by molar-refractivity contribution is -0.137. The van der Waals surface area contributed by atoms with Crippen LogP contribution in [0.25, 0.3) is 0 Å². The Bertz CT molecular complexity index is 1180. The molecule has 0 radical (unpaired) electrons. The third kappa shape index (κ3) is 4.94. The normalized spacial score (nSPS) is 14.4. The topological polar surface area (TPSA) is 50.6 Å². The Morgan fingerprint density at radius 1 is 1.06 bits per heavy atom. The lowest BCUT2D eigenvalue weighted by atomic mass is 10.1. The molecule has 0 amide bonds. The average molecular weight is 458 g/mol. The minimum Gasteiger partial charge on any atom is -0.383 e. The zero-order chi connectivity index (χ0) is 23.6. The largest absolute Gasteiger partial charge is 0.416 e. The molecule has 0 aliphatic carbocycles. The second-order valence-electron chi connectivity index (χ2n) is 8.02. The maximum absolute atomic E-state index is 13.5.